The molecule has 1 aromatic heterocycles. The van der Waals surface area contributed by atoms with E-state index in [1.807, 2.05) is 19.2 Å². The van der Waals surface area contributed by atoms with Crippen molar-refractivity contribution in [1.29, 1.82) is 0 Å². The molecule has 0 aliphatic rings. The van der Waals surface area contributed by atoms with Gasteiger partial charge in [0.25, 0.3) is 0 Å². The number of halogens is 3. The molecular weight excluding hydrogens is 373 g/mol. The van der Waals surface area contributed by atoms with Crippen LogP contribution in [0.2, 0.25) is 10.0 Å². The lowest BCUT2D eigenvalue weighted by molar-refractivity contribution is 0.835. The molecule has 2 rings (SSSR count). The highest BCUT2D eigenvalue weighted by Gasteiger charge is 2.11. The van der Waals surface area contributed by atoms with Crippen molar-refractivity contribution in [2.24, 2.45) is 0 Å². The zero-order valence-corrected chi connectivity index (χ0v) is 15.0. The molecule has 0 saturated carbocycles. The maximum absolute atomic E-state index is 6.05. The summed E-state index contributed by atoms with van der Waals surface area (Å²) in [4.78, 5) is 9.18. The Morgan fingerprint density at radius 1 is 1.19 bits per heavy atom. The van der Waals surface area contributed by atoms with E-state index in [0.29, 0.717) is 16.5 Å². The van der Waals surface area contributed by atoms with Gasteiger partial charge in [0.1, 0.15) is 11.6 Å². The molecule has 1 heterocycles. The van der Waals surface area contributed by atoms with Crippen molar-refractivity contribution in [3.63, 3.8) is 0 Å². The molecule has 1 N–H and O–H groups in total. The van der Waals surface area contributed by atoms with Crippen molar-refractivity contribution in [3.8, 4) is 0 Å². The van der Waals surface area contributed by atoms with Gasteiger partial charge in [-0.15, -0.1) is 0 Å². The smallest absolute Gasteiger partial charge is 0.144 e. The summed E-state index contributed by atoms with van der Waals surface area (Å²) in [6, 6.07) is 5.59. The molecule has 0 aliphatic heterocycles. The lowest BCUT2D eigenvalue weighted by atomic mass is 10.1. The quantitative estimate of drug-likeness (QED) is 0.771. The van der Waals surface area contributed by atoms with E-state index in [2.05, 4.69) is 38.1 Å². The summed E-state index contributed by atoms with van der Waals surface area (Å²) < 4.78 is 0.935. The second-order valence-corrected chi connectivity index (χ2v) is 6.28. The molecular formula is C15H16BrCl2N3. The minimum atomic E-state index is 0.550. The van der Waals surface area contributed by atoms with E-state index < -0.39 is 0 Å². The molecule has 0 aliphatic carbocycles. The van der Waals surface area contributed by atoms with Crippen molar-refractivity contribution in [2.75, 3.05) is 12.4 Å². The molecule has 0 bridgehead atoms. The first-order valence-electron chi connectivity index (χ1n) is 6.72. The Morgan fingerprint density at radius 3 is 2.57 bits per heavy atom. The predicted octanol–water partition coefficient (Wildman–Crippen LogP) is 5.13. The normalized spacial score (nSPS) is 10.7. The molecule has 3 nitrogen and oxygen atoms in total. The molecule has 0 radical (unpaired) electrons. The first-order chi connectivity index (χ1) is 10.0. The molecule has 0 atom stereocenters. The highest BCUT2D eigenvalue weighted by Crippen LogP contribution is 2.26. The van der Waals surface area contributed by atoms with Crippen LogP contribution in [0.3, 0.4) is 0 Å². The van der Waals surface area contributed by atoms with E-state index in [1.165, 1.54) is 0 Å². The third-order valence-corrected chi connectivity index (χ3v) is 4.61. The van der Waals surface area contributed by atoms with Crippen LogP contribution in [0.1, 0.15) is 30.4 Å². The second-order valence-electron chi connectivity index (χ2n) is 4.67. The lowest BCUT2D eigenvalue weighted by Crippen LogP contribution is -2.06. The standard InChI is InChI=1S/C15H16BrCl2N3/c1-3-4-12-14(16)15(19-2)21-13(20-12)8-9-5-6-10(17)11(18)7-9/h5-7H,3-4,8H2,1-2H3,(H,19,20,21). The molecule has 112 valence electrons. The van der Waals surface area contributed by atoms with Gasteiger partial charge in [0.2, 0.25) is 0 Å². The summed E-state index contributed by atoms with van der Waals surface area (Å²) >= 11 is 15.5. The molecule has 0 spiro atoms. The van der Waals surface area contributed by atoms with Crippen LogP contribution in [-0.4, -0.2) is 17.0 Å². The lowest BCUT2D eigenvalue weighted by Gasteiger charge is -2.11. The van der Waals surface area contributed by atoms with Crippen molar-refractivity contribution >= 4 is 44.9 Å². The van der Waals surface area contributed by atoms with Gasteiger partial charge >= 0.3 is 0 Å². The molecule has 2 aromatic rings. The Labute approximate surface area is 143 Å². The average molecular weight is 389 g/mol. The number of rotatable bonds is 5. The first kappa shape index (κ1) is 16.5. The third-order valence-electron chi connectivity index (χ3n) is 3.04. The van der Waals surface area contributed by atoms with Gasteiger partial charge < -0.3 is 5.32 Å². The Kier molecular flexibility index (Phi) is 5.85. The van der Waals surface area contributed by atoms with Gasteiger partial charge in [0.05, 0.1) is 20.2 Å². The SMILES string of the molecule is CCCc1nc(Cc2ccc(Cl)c(Cl)c2)nc(NC)c1Br. The number of nitrogens with zero attached hydrogens (tertiary/aromatic N) is 2. The van der Waals surface area contributed by atoms with Gasteiger partial charge in [-0.25, -0.2) is 9.97 Å². The van der Waals surface area contributed by atoms with Crippen LogP contribution in [0.25, 0.3) is 0 Å². The van der Waals surface area contributed by atoms with Crippen molar-refractivity contribution in [1.82, 2.24) is 9.97 Å². The van der Waals surface area contributed by atoms with E-state index in [1.54, 1.807) is 6.07 Å². The Morgan fingerprint density at radius 2 is 1.95 bits per heavy atom. The monoisotopic (exact) mass is 387 g/mol. The van der Waals surface area contributed by atoms with Crippen LogP contribution >= 0.6 is 39.1 Å². The number of aryl methyl sites for hydroxylation is 1. The number of benzene rings is 1. The van der Waals surface area contributed by atoms with E-state index in [9.17, 15) is 0 Å². The number of hydrogen-bond donors (Lipinski definition) is 1. The average Bonchev–Trinajstić information content (AvgIpc) is 2.46. The summed E-state index contributed by atoms with van der Waals surface area (Å²) in [5.41, 5.74) is 2.06. The molecule has 0 amide bonds. The van der Waals surface area contributed by atoms with Gasteiger partial charge in [-0.3, -0.25) is 0 Å². The predicted molar refractivity (Wildman–Crippen MR) is 92.5 cm³/mol. The van der Waals surface area contributed by atoms with Crippen molar-refractivity contribution in [2.45, 2.75) is 26.2 Å². The Hall–Kier alpha value is -0.840. The molecule has 21 heavy (non-hydrogen) atoms. The zero-order valence-electron chi connectivity index (χ0n) is 11.9. The second kappa shape index (κ2) is 7.43. The number of anilines is 1. The van der Waals surface area contributed by atoms with Gasteiger partial charge in [0.15, 0.2) is 0 Å². The summed E-state index contributed by atoms with van der Waals surface area (Å²) in [6.07, 6.45) is 2.56. The van der Waals surface area contributed by atoms with Gasteiger partial charge in [-0.05, 0) is 40.0 Å². The fourth-order valence-corrected chi connectivity index (χ4v) is 2.92. The van der Waals surface area contributed by atoms with Gasteiger partial charge in [-0.1, -0.05) is 42.6 Å². The first-order valence-corrected chi connectivity index (χ1v) is 8.27. The van der Waals surface area contributed by atoms with Crippen LogP contribution in [0.15, 0.2) is 22.7 Å². The Balaban J connectivity index is 2.34. The van der Waals surface area contributed by atoms with E-state index >= 15 is 0 Å². The van der Waals surface area contributed by atoms with Crippen LogP contribution in [0.4, 0.5) is 5.82 Å². The van der Waals surface area contributed by atoms with E-state index in [0.717, 1.165) is 40.2 Å². The largest absolute Gasteiger partial charge is 0.372 e. The van der Waals surface area contributed by atoms with E-state index in [-0.39, 0.29) is 0 Å². The number of hydrogen-bond acceptors (Lipinski definition) is 3. The van der Waals surface area contributed by atoms with E-state index in [4.69, 9.17) is 23.2 Å². The number of nitrogens with one attached hydrogen (secondary N) is 1. The van der Waals surface area contributed by atoms with Gasteiger partial charge in [-0.2, -0.15) is 0 Å². The van der Waals surface area contributed by atoms with Crippen molar-refractivity contribution in [3.05, 3.63) is 49.8 Å². The summed E-state index contributed by atoms with van der Waals surface area (Å²) in [6.45, 7) is 2.13. The molecule has 6 heteroatoms. The fraction of sp³-hybridized carbons (Fsp3) is 0.333. The summed E-state index contributed by atoms with van der Waals surface area (Å²) in [7, 11) is 1.85. The summed E-state index contributed by atoms with van der Waals surface area (Å²) in [5.74, 6) is 1.58. The summed E-state index contributed by atoms with van der Waals surface area (Å²) in [5, 5.41) is 4.20. The van der Waals surface area contributed by atoms with Crippen LogP contribution in [0.5, 0.6) is 0 Å². The maximum Gasteiger partial charge on any atom is 0.144 e. The molecule has 1 aromatic carbocycles. The van der Waals surface area contributed by atoms with Gasteiger partial charge in [0, 0.05) is 13.5 Å². The topological polar surface area (TPSA) is 37.8 Å². The number of aromatic nitrogens is 2. The van der Waals surface area contributed by atoms with Crippen LogP contribution in [-0.2, 0) is 12.8 Å². The minimum Gasteiger partial charge on any atom is -0.372 e. The Bertz CT molecular complexity index is 647. The van der Waals surface area contributed by atoms with Crippen molar-refractivity contribution < 1.29 is 0 Å². The highest BCUT2D eigenvalue weighted by molar-refractivity contribution is 9.10. The van der Waals surface area contributed by atoms with Crippen LogP contribution in [0, 0.1) is 0 Å². The molecule has 0 unspecified atom stereocenters. The molecule has 0 fully saturated rings. The fourth-order valence-electron chi connectivity index (χ4n) is 2.02. The highest BCUT2D eigenvalue weighted by atomic mass is 79.9. The maximum atomic E-state index is 6.05. The third kappa shape index (κ3) is 4.09. The van der Waals surface area contributed by atoms with Crippen LogP contribution < -0.4 is 5.32 Å². The molecule has 0 saturated heterocycles. The zero-order chi connectivity index (χ0) is 15.4. The minimum absolute atomic E-state index is 0.550.